The summed E-state index contributed by atoms with van der Waals surface area (Å²) >= 11 is 5.76. The Labute approximate surface area is 138 Å². The predicted molar refractivity (Wildman–Crippen MR) is 86.4 cm³/mol. The minimum Gasteiger partial charge on any atom is -0.395 e. The van der Waals surface area contributed by atoms with Gasteiger partial charge in [-0.25, -0.2) is 0 Å². The Morgan fingerprint density at radius 2 is 1.91 bits per heavy atom. The second kappa shape index (κ2) is 7.71. The molecule has 1 N–H and O–H groups in total. The molecule has 2 aromatic rings. The van der Waals surface area contributed by atoms with Crippen molar-refractivity contribution in [2.24, 2.45) is 0 Å². The largest absolute Gasteiger partial charge is 0.395 e. The molecule has 2 aromatic carbocycles. The summed E-state index contributed by atoms with van der Waals surface area (Å²) in [6, 6.07) is 13.2. The Bertz CT molecular complexity index is 706. The zero-order chi connectivity index (χ0) is 16.8. The fraction of sp³-hybridized carbons (Fsp3) is 0.188. The van der Waals surface area contributed by atoms with Crippen molar-refractivity contribution in [2.45, 2.75) is 6.54 Å². The Kier molecular flexibility index (Phi) is 5.67. The zero-order valence-corrected chi connectivity index (χ0v) is 12.9. The number of hydrogen-bond donors (Lipinski definition) is 1. The number of rotatable bonds is 6. The van der Waals surface area contributed by atoms with Gasteiger partial charge in [-0.15, -0.1) is 0 Å². The minimum atomic E-state index is -0.632. The van der Waals surface area contributed by atoms with E-state index < -0.39 is 10.8 Å². The quantitative estimate of drug-likeness (QED) is 0.650. The highest BCUT2D eigenvalue weighted by atomic mass is 35.5. The van der Waals surface area contributed by atoms with Gasteiger partial charge in [0.2, 0.25) is 0 Å². The van der Waals surface area contributed by atoms with Crippen LogP contribution in [0.25, 0.3) is 0 Å². The first-order valence-corrected chi connectivity index (χ1v) is 7.28. The van der Waals surface area contributed by atoms with Crippen LogP contribution in [0.1, 0.15) is 15.9 Å². The van der Waals surface area contributed by atoms with Crippen LogP contribution in [0.5, 0.6) is 0 Å². The molecule has 0 aliphatic rings. The van der Waals surface area contributed by atoms with Crippen molar-refractivity contribution >= 4 is 23.2 Å². The van der Waals surface area contributed by atoms with Crippen LogP contribution in [0.4, 0.5) is 5.69 Å². The van der Waals surface area contributed by atoms with E-state index in [1.54, 1.807) is 0 Å². The highest BCUT2D eigenvalue weighted by Crippen LogP contribution is 2.25. The first-order valence-electron chi connectivity index (χ1n) is 6.91. The molecule has 0 spiro atoms. The molecule has 0 radical (unpaired) electrons. The maximum Gasteiger partial charge on any atom is 0.288 e. The van der Waals surface area contributed by atoms with Crippen LogP contribution in [0, 0.1) is 10.1 Å². The number of aliphatic hydroxyl groups excluding tert-OH is 1. The molecule has 120 valence electrons. The number of aliphatic hydroxyl groups is 1. The van der Waals surface area contributed by atoms with Crippen LogP contribution >= 0.6 is 11.6 Å². The summed E-state index contributed by atoms with van der Waals surface area (Å²) in [6.45, 7) is 0.231. The van der Waals surface area contributed by atoms with E-state index in [-0.39, 0.29) is 29.4 Å². The van der Waals surface area contributed by atoms with Crippen LogP contribution in [0.3, 0.4) is 0 Å². The van der Waals surface area contributed by atoms with Crippen molar-refractivity contribution in [1.82, 2.24) is 4.90 Å². The summed E-state index contributed by atoms with van der Waals surface area (Å²) in [5.74, 6) is -0.400. The second-order valence-corrected chi connectivity index (χ2v) is 5.27. The number of nitro groups is 1. The number of amides is 1. The summed E-state index contributed by atoms with van der Waals surface area (Å²) in [7, 11) is 0. The number of carbonyl (C=O) groups excluding carboxylic acids is 1. The molecule has 0 aliphatic heterocycles. The molecule has 0 fully saturated rings. The van der Waals surface area contributed by atoms with E-state index in [1.807, 2.05) is 30.3 Å². The van der Waals surface area contributed by atoms with Crippen LogP contribution in [-0.4, -0.2) is 34.0 Å². The molecule has 0 bridgehead atoms. The van der Waals surface area contributed by atoms with Gasteiger partial charge >= 0.3 is 0 Å². The molecule has 0 aliphatic carbocycles. The number of halogens is 1. The topological polar surface area (TPSA) is 83.7 Å². The molecule has 0 aromatic heterocycles. The lowest BCUT2D eigenvalue weighted by atomic mass is 10.1. The highest BCUT2D eigenvalue weighted by molar-refractivity contribution is 6.32. The maximum absolute atomic E-state index is 12.6. The molecule has 0 saturated heterocycles. The number of nitrogens with zero attached hydrogens (tertiary/aromatic N) is 2. The Balaban J connectivity index is 2.27. The highest BCUT2D eigenvalue weighted by Gasteiger charge is 2.20. The van der Waals surface area contributed by atoms with Crippen LogP contribution in [0.2, 0.25) is 5.02 Å². The number of benzene rings is 2. The Morgan fingerprint density at radius 3 is 2.52 bits per heavy atom. The fourth-order valence-electron chi connectivity index (χ4n) is 2.15. The molecule has 2 rings (SSSR count). The molecule has 6 nitrogen and oxygen atoms in total. The minimum absolute atomic E-state index is 0.0247. The monoisotopic (exact) mass is 334 g/mol. The number of carbonyl (C=O) groups is 1. The van der Waals surface area contributed by atoms with Gasteiger partial charge in [-0.2, -0.15) is 0 Å². The first kappa shape index (κ1) is 16.9. The SMILES string of the molecule is O=C(c1ccc(Cl)c([N+](=O)[O-])c1)N(CCO)Cc1ccccc1. The van der Waals surface area contributed by atoms with Crippen molar-refractivity contribution in [3.8, 4) is 0 Å². The van der Waals surface area contributed by atoms with E-state index in [9.17, 15) is 20.0 Å². The van der Waals surface area contributed by atoms with Gasteiger partial charge in [-0.05, 0) is 17.7 Å². The zero-order valence-electron chi connectivity index (χ0n) is 12.2. The van der Waals surface area contributed by atoms with E-state index in [0.717, 1.165) is 11.6 Å². The van der Waals surface area contributed by atoms with Gasteiger partial charge in [0, 0.05) is 24.7 Å². The molecule has 1 amide bonds. The van der Waals surface area contributed by atoms with E-state index in [2.05, 4.69) is 0 Å². The van der Waals surface area contributed by atoms with Gasteiger partial charge in [0.1, 0.15) is 5.02 Å². The lowest BCUT2D eigenvalue weighted by Gasteiger charge is -2.22. The van der Waals surface area contributed by atoms with E-state index in [4.69, 9.17) is 11.6 Å². The average Bonchev–Trinajstić information content (AvgIpc) is 2.55. The van der Waals surface area contributed by atoms with Crippen molar-refractivity contribution in [3.05, 3.63) is 74.8 Å². The number of hydrogen-bond acceptors (Lipinski definition) is 4. The molecule has 0 heterocycles. The predicted octanol–water partition coefficient (Wildman–Crippen LogP) is 2.88. The van der Waals surface area contributed by atoms with Gasteiger partial charge in [0.25, 0.3) is 11.6 Å². The van der Waals surface area contributed by atoms with Crippen molar-refractivity contribution < 1.29 is 14.8 Å². The first-order chi connectivity index (χ1) is 11.0. The third-order valence-electron chi connectivity index (χ3n) is 3.26. The van der Waals surface area contributed by atoms with Gasteiger partial charge in [-0.1, -0.05) is 41.9 Å². The average molecular weight is 335 g/mol. The van der Waals surface area contributed by atoms with Crippen molar-refractivity contribution in [1.29, 1.82) is 0 Å². The molecular formula is C16H15ClN2O4. The summed E-state index contributed by atoms with van der Waals surface area (Å²) < 4.78 is 0. The smallest absolute Gasteiger partial charge is 0.288 e. The van der Waals surface area contributed by atoms with Crippen molar-refractivity contribution in [3.63, 3.8) is 0 Å². The molecule has 0 saturated carbocycles. The van der Waals surface area contributed by atoms with Gasteiger partial charge in [0.15, 0.2) is 0 Å². The van der Waals surface area contributed by atoms with Crippen LogP contribution in [-0.2, 0) is 6.54 Å². The molecule has 7 heteroatoms. The standard InChI is InChI=1S/C16H15ClN2O4/c17-14-7-6-13(10-15(14)19(22)23)16(21)18(8-9-20)11-12-4-2-1-3-5-12/h1-7,10,20H,8-9,11H2. The molecule has 23 heavy (non-hydrogen) atoms. The van der Waals surface area contributed by atoms with Gasteiger partial charge in [-0.3, -0.25) is 14.9 Å². The normalized spacial score (nSPS) is 10.3. The fourth-order valence-corrected chi connectivity index (χ4v) is 2.33. The maximum atomic E-state index is 12.6. The summed E-state index contributed by atoms with van der Waals surface area (Å²) in [4.78, 5) is 24.3. The van der Waals surface area contributed by atoms with Crippen LogP contribution < -0.4 is 0 Å². The summed E-state index contributed by atoms with van der Waals surface area (Å²) in [5, 5.41) is 20.1. The second-order valence-electron chi connectivity index (χ2n) is 4.86. The third kappa shape index (κ3) is 4.28. The lowest BCUT2D eigenvalue weighted by molar-refractivity contribution is -0.384. The van der Waals surface area contributed by atoms with Gasteiger partial charge in [0.05, 0.1) is 11.5 Å². The summed E-state index contributed by atoms with van der Waals surface area (Å²) in [5.41, 5.74) is 0.740. The Hall–Kier alpha value is -2.44. The Morgan fingerprint density at radius 1 is 1.22 bits per heavy atom. The third-order valence-corrected chi connectivity index (χ3v) is 3.58. The van der Waals surface area contributed by atoms with E-state index in [0.29, 0.717) is 6.54 Å². The van der Waals surface area contributed by atoms with E-state index >= 15 is 0 Å². The van der Waals surface area contributed by atoms with E-state index in [1.165, 1.54) is 17.0 Å². The van der Waals surface area contributed by atoms with Gasteiger partial charge < -0.3 is 10.0 Å². The summed E-state index contributed by atoms with van der Waals surface area (Å²) in [6.07, 6.45) is 0. The number of nitro benzene ring substituents is 1. The van der Waals surface area contributed by atoms with Crippen molar-refractivity contribution in [2.75, 3.05) is 13.2 Å². The molecule has 0 unspecified atom stereocenters. The molecular weight excluding hydrogens is 320 g/mol. The lowest BCUT2D eigenvalue weighted by Crippen LogP contribution is -2.33. The molecule has 0 atom stereocenters. The van der Waals surface area contributed by atoms with Crippen LogP contribution in [0.15, 0.2) is 48.5 Å².